The van der Waals surface area contributed by atoms with E-state index < -0.39 is 17.9 Å². The number of nitrogens with two attached hydrogens (primary N) is 1. The van der Waals surface area contributed by atoms with Crippen LogP contribution in [0.1, 0.15) is 34.9 Å². The van der Waals surface area contributed by atoms with E-state index in [1.165, 1.54) is 6.07 Å². The van der Waals surface area contributed by atoms with Crippen molar-refractivity contribution in [3.8, 4) is 0 Å². The smallest absolute Gasteiger partial charge is 0.341 e. The Morgan fingerprint density at radius 3 is 2.50 bits per heavy atom. The molecule has 0 unspecified atom stereocenters. The molecule has 0 heterocycles. The summed E-state index contributed by atoms with van der Waals surface area (Å²) in [4.78, 5) is 24.8. The van der Waals surface area contributed by atoms with Gasteiger partial charge < -0.3 is 15.8 Å². The maximum atomic E-state index is 13.1. The highest BCUT2D eigenvalue weighted by Gasteiger charge is 2.31. The topological polar surface area (TPSA) is 81.4 Å². The van der Waals surface area contributed by atoms with Crippen molar-refractivity contribution in [1.29, 1.82) is 0 Å². The lowest BCUT2D eigenvalue weighted by atomic mass is 10.1. The molecule has 1 fully saturated rings. The van der Waals surface area contributed by atoms with Gasteiger partial charge >= 0.3 is 5.97 Å². The zero-order valence-electron chi connectivity index (χ0n) is 12.9. The number of nitrogens with one attached hydrogen (secondary N) is 1. The number of amides is 1. The number of hydrogen-bond donors (Lipinski definition) is 2. The van der Waals surface area contributed by atoms with E-state index in [4.69, 9.17) is 10.5 Å². The summed E-state index contributed by atoms with van der Waals surface area (Å²) in [5, 5.41) is 2.83. The number of carbonyl (C=O) groups is 2. The number of esters is 1. The molecule has 3 N–H and O–H groups in total. The highest BCUT2D eigenvalue weighted by atomic mass is 19.1. The first-order valence-electron chi connectivity index (χ1n) is 7.66. The van der Waals surface area contributed by atoms with Crippen LogP contribution in [0.25, 0.3) is 0 Å². The lowest BCUT2D eigenvalue weighted by molar-refractivity contribution is -0.130. The van der Waals surface area contributed by atoms with Crippen LogP contribution in [0.4, 0.5) is 10.1 Å². The minimum Gasteiger partial charge on any atom is -0.444 e. The van der Waals surface area contributed by atoms with E-state index in [1.807, 2.05) is 0 Å². The van der Waals surface area contributed by atoms with Crippen LogP contribution in [0.2, 0.25) is 0 Å². The number of rotatable bonds is 5. The zero-order chi connectivity index (χ0) is 17.1. The maximum Gasteiger partial charge on any atom is 0.341 e. The summed E-state index contributed by atoms with van der Waals surface area (Å²) in [7, 11) is 0. The van der Waals surface area contributed by atoms with Crippen molar-refractivity contribution in [3.63, 3.8) is 0 Å². The molecule has 3 rings (SSSR count). The minimum absolute atomic E-state index is 0.0246. The van der Waals surface area contributed by atoms with Crippen LogP contribution < -0.4 is 11.1 Å². The van der Waals surface area contributed by atoms with Gasteiger partial charge in [-0.25, -0.2) is 9.18 Å². The molecule has 2 aromatic rings. The molecule has 124 valence electrons. The molecular formula is C18H17FN2O3. The van der Waals surface area contributed by atoms with E-state index in [0.29, 0.717) is 5.56 Å². The summed E-state index contributed by atoms with van der Waals surface area (Å²) >= 11 is 0. The van der Waals surface area contributed by atoms with Gasteiger partial charge in [-0.2, -0.15) is 0 Å². The van der Waals surface area contributed by atoms with E-state index >= 15 is 0 Å². The number of halogens is 1. The second kappa shape index (κ2) is 6.70. The monoisotopic (exact) mass is 328 g/mol. The molecule has 6 heteroatoms. The second-order valence-corrected chi connectivity index (χ2v) is 5.71. The Bertz CT molecular complexity index is 760. The quantitative estimate of drug-likeness (QED) is 0.653. The Balaban J connectivity index is 1.82. The number of nitrogen functional groups attached to an aromatic ring is 1. The van der Waals surface area contributed by atoms with Crippen LogP contribution in [-0.2, 0) is 9.53 Å². The third-order valence-corrected chi connectivity index (χ3v) is 3.72. The van der Waals surface area contributed by atoms with Gasteiger partial charge in [0, 0.05) is 17.3 Å². The van der Waals surface area contributed by atoms with Gasteiger partial charge in [-0.3, -0.25) is 4.79 Å². The van der Waals surface area contributed by atoms with Gasteiger partial charge in [-0.1, -0.05) is 30.3 Å². The number of ether oxygens (including phenoxy) is 1. The molecule has 0 spiro atoms. The van der Waals surface area contributed by atoms with Crippen molar-refractivity contribution in [2.75, 3.05) is 5.73 Å². The van der Waals surface area contributed by atoms with Crippen molar-refractivity contribution < 1.29 is 18.7 Å². The fourth-order valence-corrected chi connectivity index (χ4v) is 2.30. The Labute approximate surface area is 138 Å². The molecule has 2 aromatic carbocycles. The molecule has 5 nitrogen and oxygen atoms in total. The van der Waals surface area contributed by atoms with Crippen LogP contribution in [0, 0.1) is 5.82 Å². The lowest BCUT2D eigenvalue weighted by Gasteiger charge is -2.18. The van der Waals surface area contributed by atoms with E-state index in [9.17, 15) is 14.0 Å². The molecule has 1 aliphatic carbocycles. The van der Waals surface area contributed by atoms with Crippen molar-refractivity contribution in [2.45, 2.75) is 25.0 Å². The van der Waals surface area contributed by atoms with Gasteiger partial charge in [-0.05, 0) is 31.0 Å². The first-order chi connectivity index (χ1) is 11.5. The summed E-state index contributed by atoms with van der Waals surface area (Å²) in [6.45, 7) is 0. The van der Waals surface area contributed by atoms with Gasteiger partial charge in [0.1, 0.15) is 5.82 Å². The van der Waals surface area contributed by atoms with E-state index in [1.54, 1.807) is 30.3 Å². The lowest BCUT2D eigenvalue weighted by Crippen LogP contribution is -2.33. The fourth-order valence-electron chi connectivity index (χ4n) is 2.30. The summed E-state index contributed by atoms with van der Waals surface area (Å²) in [5.41, 5.74) is 6.21. The third kappa shape index (κ3) is 3.71. The fraction of sp³-hybridized carbons (Fsp3) is 0.222. The van der Waals surface area contributed by atoms with Crippen molar-refractivity contribution in [3.05, 3.63) is 65.5 Å². The molecule has 0 radical (unpaired) electrons. The molecule has 1 saturated carbocycles. The second-order valence-electron chi connectivity index (χ2n) is 5.71. The predicted octanol–water partition coefficient (Wildman–Crippen LogP) is 2.58. The first-order valence-corrected chi connectivity index (χ1v) is 7.66. The summed E-state index contributed by atoms with van der Waals surface area (Å²) in [5.74, 6) is -1.69. The molecule has 0 aromatic heterocycles. The number of carbonyl (C=O) groups excluding carboxylic acids is 2. The maximum absolute atomic E-state index is 13.1. The van der Waals surface area contributed by atoms with Gasteiger partial charge in [0.05, 0.1) is 5.56 Å². The molecule has 1 aliphatic rings. The Morgan fingerprint density at radius 2 is 1.88 bits per heavy atom. The molecule has 0 saturated heterocycles. The Hall–Kier alpha value is -2.89. The Morgan fingerprint density at radius 1 is 1.17 bits per heavy atom. The molecule has 1 atom stereocenters. The average Bonchev–Trinajstić information content (AvgIpc) is 3.37. The van der Waals surface area contributed by atoms with Crippen molar-refractivity contribution >= 4 is 17.6 Å². The number of benzene rings is 2. The van der Waals surface area contributed by atoms with Crippen LogP contribution in [0.3, 0.4) is 0 Å². The van der Waals surface area contributed by atoms with Gasteiger partial charge in [0.25, 0.3) is 5.91 Å². The third-order valence-electron chi connectivity index (χ3n) is 3.72. The number of hydrogen-bond acceptors (Lipinski definition) is 4. The first kappa shape index (κ1) is 16.0. The normalized spacial score (nSPS) is 14.7. The van der Waals surface area contributed by atoms with Crippen LogP contribution in [0.15, 0.2) is 48.5 Å². The molecule has 0 bridgehead atoms. The van der Waals surface area contributed by atoms with Gasteiger partial charge in [0.15, 0.2) is 0 Å². The number of anilines is 1. The van der Waals surface area contributed by atoms with Crippen LogP contribution >= 0.6 is 0 Å². The van der Waals surface area contributed by atoms with Crippen LogP contribution in [0.5, 0.6) is 0 Å². The average molecular weight is 328 g/mol. The van der Waals surface area contributed by atoms with Crippen LogP contribution in [-0.4, -0.2) is 17.9 Å². The van der Waals surface area contributed by atoms with E-state index in [2.05, 4.69) is 5.32 Å². The molecule has 1 amide bonds. The summed E-state index contributed by atoms with van der Waals surface area (Å²) in [6.07, 6.45) is 0.766. The standard InChI is InChI=1S/C18H17FN2O3/c19-12-6-9-14(15(20)10-12)18(23)24-16(11-4-2-1-3-5-11)17(22)21-13-7-8-13/h1-6,9-10,13,16H,7-8,20H2,(H,21,22)/t16-/m1/s1. The van der Waals surface area contributed by atoms with E-state index in [-0.39, 0.29) is 23.2 Å². The summed E-state index contributed by atoms with van der Waals surface area (Å²) < 4.78 is 18.5. The Kier molecular flexibility index (Phi) is 4.46. The zero-order valence-corrected chi connectivity index (χ0v) is 12.9. The highest BCUT2D eigenvalue weighted by Crippen LogP contribution is 2.25. The van der Waals surface area contributed by atoms with Gasteiger partial charge in [-0.15, -0.1) is 0 Å². The largest absolute Gasteiger partial charge is 0.444 e. The molecule has 0 aliphatic heterocycles. The predicted molar refractivity (Wildman–Crippen MR) is 86.6 cm³/mol. The molecule has 24 heavy (non-hydrogen) atoms. The SMILES string of the molecule is Nc1cc(F)ccc1C(=O)O[C@@H](C(=O)NC1CC1)c1ccccc1. The van der Waals surface area contributed by atoms with Gasteiger partial charge in [0.2, 0.25) is 6.10 Å². The summed E-state index contributed by atoms with van der Waals surface area (Å²) in [6, 6.07) is 12.3. The molecular weight excluding hydrogens is 311 g/mol. The van der Waals surface area contributed by atoms with E-state index in [0.717, 1.165) is 25.0 Å². The van der Waals surface area contributed by atoms with Crippen molar-refractivity contribution in [1.82, 2.24) is 5.32 Å². The highest BCUT2D eigenvalue weighted by molar-refractivity contribution is 5.97. The minimum atomic E-state index is -1.08. The van der Waals surface area contributed by atoms with Crippen molar-refractivity contribution in [2.24, 2.45) is 0 Å².